The maximum Gasteiger partial charge on any atom is 0.175 e. The summed E-state index contributed by atoms with van der Waals surface area (Å²) in [4.78, 5) is -0.726. The number of fused-ring (bicyclic) bond motifs is 1. The fourth-order valence-corrected chi connectivity index (χ4v) is 4.60. The monoisotopic (exact) mass is 386 g/mol. The minimum Gasteiger partial charge on any atom is -0.385 e. The van der Waals surface area contributed by atoms with Gasteiger partial charge in [0.2, 0.25) is 0 Å². The van der Waals surface area contributed by atoms with E-state index in [2.05, 4.69) is 31.9 Å². The molecule has 1 aromatic carbocycles. The van der Waals surface area contributed by atoms with Gasteiger partial charge in [0.25, 0.3) is 0 Å². The molecule has 0 spiro atoms. The standard InChI is InChI=1S/C10H9Br2FO3S/c1-17(15,16)5-3-2-4(11)6-7(5)10(14)9(13)8(6)12/h2-3,8-10,14H,1H3. The summed E-state index contributed by atoms with van der Waals surface area (Å²) in [5.41, 5.74) is 0.615. The number of alkyl halides is 2. The molecule has 0 saturated carbocycles. The van der Waals surface area contributed by atoms with Crippen molar-refractivity contribution < 1.29 is 17.9 Å². The first-order valence-electron chi connectivity index (χ1n) is 4.73. The summed E-state index contributed by atoms with van der Waals surface area (Å²) in [6.07, 6.45) is -1.93. The van der Waals surface area contributed by atoms with Crippen LogP contribution in [0.4, 0.5) is 4.39 Å². The molecule has 94 valence electrons. The fraction of sp³-hybridized carbons (Fsp3) is 0.400. The molecule has 3 nitrogen and oxygen atoms in total. The van der Waals surface area contributed by atoms with Gasteiger partial charge in [-0.1, -0.05) is 31.9 Å². The average Bonchev–Trinajstić information content (AvgIpc) is 2.43. The first-order valence-corrected chi connectivity index (χ1v) is 8.33. The van der Waals surface area contributed by atoms with Crippen LogP contribution >= 0.6 is 31.9 Å². The van der Waals surface area contributed by atoms with E-state index in [-0.39, 0.29) is 10.5 Å². The SMILES string of the molecule is CS(=O)(=O)c1ccc(Br)c2c1C(O)C(F)C2Br. The van der Waals surface area contributed by atoms with E-state index in [4.69, 9.17) is 0 Å². The highest BCUT2D eigenvalue weighted by Crippen LogP contribution is 2.50. The summed E-state index contributed by atoms with van der Waals surface area (Å²) in [7, 11) is -3.49. The Hall–Kier alpha value is 0.0200. The van der Waals surface area contributed by atoms with E-state index in [1.54, 1.807) is 6.07 Å². The molecular weight excluding hydrogens is 379 g/mol. The number of sulfone groups is 1. The highest BCUT2D eigenvalue weighted by Gasteiger charge is 2.43. The molecule has 3 atom stereocenters. The van der Waals surface area contributed by atoms with Gasteiger partial charge in [0.15, 0.2) is 9.84 Å². The maximum atomic E-state index is 13.7. The van der Waals surface area contributed by atoms with Crippen molar-refractivity contribution in [1.82, 2.24) is 0 Å². The second kappa shape index (κ2) is 4.29. The van der Waals surface area contributed by atoms with Crippen molar-refractivity contribution >= 4 is 41.7 Å². The Morgan fingerprint density at radius 1 is 1.35 bits per heavy atom. The fourth-order valence-electron chi connectivity index (χ4n) is 1.98. The molecule has 0 radical (unpaired) electrons. The summed E-state index contributed by atoms with van der Waals surface area (Å²) in [5.74, 6) is 0. The van der Waals surface area contributed by atoms with Crippen LogP contribution in [0.5, 0.6) is 0 Å². The lowest BCUT2D eigenvalue weighted by atomic mass is 10.1. The minimum absolute atomic E-state index is 0.0206. The summed E-state index contributed by atoms with van der Waals surface area (Å²) in [5, 5.41) is 9.80. The molecular formula is C10H9Br2FO3S. The van der Waals surface area contributed by atoms with E-state index in [1.807, 2.05) is 0 Å². The van der Waals surface area contributed by atoms with Crippen molar-refractivity contribution in [3.63, 3.8) is 0 Å². The predicted octanol–water partition coefficient (Wildman–Crippen LogP) is 2.67. The van der Waals surface area contributed by atoms with E-state index in [0.717, 1.165) is 6.26 Å². The van der Waals surface area contributed by atoms with Crippen molar-refractivity contribution in [3.05, 3.63) is 27.7 Å². The van der Waals surface area contributed by atoms with Gasteiger partial charge in [0, 0.05) is 16.3 Å². The maximum absolute atomic E-state index is 13.7. The van der Waals surface area contributed by atoms with Gasteiger partial charge in [0.05, 0.1) is 9.72 Å². The topological polar surface area (TPSA) is 54.4 Å². The van der Waals surface area contributed by atoms with E-state index in [0.29, 0.717) is 10.0 Å². The molecule has 3 unspecified atom stereocenters. The lowest BCUT2D eigenvalue weighted by molar-refractivity contribution is 0.0902. The van der Waals surface area contributed by atoms with Gasteiger partial charge >= 0.3 is 0 Å². The zero-order chi connectivity index (χ0) is 13.0. The molecule has 0 amide bonds. The molecule has 0 fully saturated rings. The van der Waals surface area contributed by atoms with Crippen LogP contribution < -0.4 is 0 Å². The quantitative estimate of drug-likeness (QED) is 0.753. The molecule has 1 N–H and O–H groups in total. The lowest BCUT2D eigenvalue weighted by Gasteiger charge is -2.11. The highest BCUT2D eigenvalue weighted by molar-refractivity contribution is 9.11. The van der Waals surface area contributed by atoms with Gasteiger partial charge in [-0.2, -0.15) is 0 Å². The Balaban J connectivity index is 2.80. The molecule has 2 rings (SSSR count). The molecule has 0 aromatic heterocycles. The Morgan fingerprint density at radius 2 is 1.94 bits per heavy atom. The molecule has 1 aliphatic rings. The Labute approximate surface area is 115 Å². The van der Waals surface area contributed by atoms with Gasteiger partial charge in [-0.15, -0.1) is 0 Å². The number of hydrogen-bond acceptors (Lipinski definition) is 3. The molecule has 7 heteroatoms. The first kappa shape index (κ1) is 13.5. The molecule has 0 bridgehead atoms. The lowest BCUT2D eigenvalue weighted by Crippen LogP contribution is -2.10. The Bertz CT molecular complexity index is 573. The van der Waals surface area contributed by atoms with Crippen LogP contribution in [0.25, 0.3) is 0 Å². The van der Waals surface area contributed by atoms with Crippen LogP contribution in [0.2, 0.25) is 0 Å². The molecule has 0 heterocycles. The van der Waals surface area contributed by atoms with Crippen molar-refractivity contribution in [2.75, 3.05) is 6.26 Å². The van der Waals surface area contributed by atoms with Gasteiger partial charge in [-0.3, -0.25) is 0 Å². The number of aliphatic hydroxyl groups is 1. The van der Waals surface area contributed by atoms with Crippen molar-refractivity contribution in [2.45, 2.75) is 22.0 Å². The van der Waals surface area contributed by atoms with E-state index >= 15 is 0 Å². The second-order valence-corrected chi connectivity index (χ2v) is 7.76. The molecule has 1 aliphatic carbocycles. The van der Waals surface area contributed by atoms with Gasteiger partial charge in [0.1, 0.15) is 12.3 Å². The smallest absolute Gasteiger partial charge is 0.175 e. The zero-order valence-corrected chi connectivity index (χ0v) is 12.7. The normalized spacial score (nSPS) is 28.2. The number of aliphatic hydroxyl groups excluding tert-OH is 1. The minimum atomic E-state index is -3.49. The van der Waals surface area contributed by atoms with E-state index < -0.39 is 26.9 Å². The van der Waals surface area contributed by atoms with Crippen molar-refractivity contribution in [1.29, 1.82) is 0 Å². The van der Waals surface area contributed by atoms with Gasteiger partial charge in [-0.05, 0) is 17.7 Å². The van der Waals surface area contributed by atoms with Crippen LogP contribution in [0.3, 0.4) is 0 Å². The number of halogens is 3. The largest absolute Gasteiger partial charge is 0.385 e. The van der Waals surface area contributed by atoms with Crippen LogP contribution in [0, 0.1) is 0 Å². The van der Waals surface area contributed by atoms with Crippen LogP contribution in [-0.2, 0) is 9.84 Å². The molecule has 0 aliphatic heterocycles. The summed E-state index contributed by atoms with van der Waals surface area (Å²) < 4.78 is 37.5. The second-order valence-electron chi connectivity index (χ2n) is 3.94. The summed E-state index contributed by atoms with van der Waals surface area (Å²) in [6.45, 7) is 0. The van der Waals surface area contributed by atoms with Crippen molar-refractivity contribution in [3.8, 4) is 0 Å². The predicted molar refractivity (Wildman–Crippen MR) is 68.8 cm³/mol. The molecule has 0 saturated heterocycles. The number of benzene rings is 1. The summed E-state index contributed by atoms with van der Waals surface area (Å²) >= 11 is 6.38. The third-order valence-corrected chi connectivity index (χ3v) is 5.56. The highest BCUT2D eigenvalue weighted by atomic mass is 79.9. The van der Waals surface area contributed by atoms with Crippen LogP contribution in [0.15, 0.2) is 21.5 Å². The van der Waals surface area contributed by atoms with Crippen LogP contribution in [-0.4, -0.2) is 26.0 Å². The first-order chi connectivity index (χ1) is 7.75. The summed E-state index contributed by atoms with van der Waals surface area (Å²) in [6, 6.07) is 2.92. The third kappa shape index (κ3) is 2.07. The van der Waals surface area contributed by atoms with Gasteiger partial charge < -0.3 is 5.11 Å². The average molecular weight is 388 g/mol. The van der Waals surface area contributed by atoms with Crippen LogP contribution in [0.1, 0.15) is 22.1 Å². The van der Waals surface area contributed by atoms with E-state index in [9.17, 15) is 17.9 Å². The number of rotatable bonds is 1. The van der Waals surface area contributed by atoms with Gasteiger partial charge in [-0.25, -0.2) is 12.8 Å². The molecule has 17 heavy (non-hydrogen) atoms. The van der Waals surface area contributed by atoms with E-state index in [1.165, 1.54) is 6.07 Å². The Kier molecular flexibility index (Phi) is 3.40. The Morgan fingerprint density at radius 3 is 2.47 bits per heavy atom. The van der Waals surface area contributed by atoms with Crippen molar-refractivity contribution in [2.24, 2.45) is 0 Å². The zero-order valence-electron chi connectivity index (χ0n) is 8.69. The third-order valence-electron chi connectivity index (χ3n) is 2.75. The number of hydrogen-bond donors (Lipinski definition) is 1. The molecule has 1 aromatic rings.